The Morgan fingerprint density at radius 2 is 1.71 bits per heavy atom. The van der Waals surface area contributed by atoms with Crippen molar-refractivity contribution >= 4 is 5.96 Å². The molecule has 0 saturated carbocycles. The first-order chi connectivity index (χ1) is 9.94. The zero-order chi connectivity index (χ0) is 15.7. The molecule has 120 valence electrons. The lowest BCUT2D eigenvalue weighted by Crippen LogP contribution is -2.34. The van der Waals surface area contributed by atoms with Gasteiger partial charge in [-0.15, -0.1) is 11.8 Å². The summed E-state index contributed by atoms with van der Waals surface area (Å²) in [6.45, 7) is 12.0. The second kappa shape index (κ2) is 8.97. The average molecular weight is 291 g/mol. The Hall–Kier alpha value is -1.17. The van der Waals surface area contributed by atoms with E-state index in [2.05, 4.69) is 56.4 Å². The molecule has 1 aliphatic heterocycles. The molecule has 0 spiro atoms. The molecule has 0 atom stereocenters. The Labute approximate surface area is 131 Å². The van der Waals surface area contributed by atoms with E-state index in [1.807, 2.05) is 0 Å². The molecule has 3 nitrogen and oxygen atoms in total. The molecule has 1 fully saturated rings. The van der Waals surface area contributed by atoms with Crippen molar-refractivity contribution in [2.45, 2.75) is 71.8 Å². The van der Waals surface area contributed by atoms with Crippen molar-refractivity contribution in [1.29, 1.82) is 0 Å². The first kappa shape index (κ1) is 17.9. The highest BCUT2D eigenvalue weighted by molar-refractivity contribution is 5.82. The Morgan fingerprint density at radius 3 is 2.33 bits per heavy atom. The average Bonchev–Trinajstić information content (AvgIpc) is 2.73. The van der Waals surface area contributed by atoms with Gasteiger partial charge < -0.3 is 9.80 Å². The van der Waals surface area contributed by atoms with Gasteiger partial charge in [0.25, 0.3) is 0 Å². The number of hydrogen-bond acceptors (Lipinski definition) is 1. The molecule has 0 unspecified atom stereocenters. The van der Waals surface area contributed by atoms with E-state index >= 15 is 0 Å². The maximum Gasteiger partial charge on any atom is 0.196 e. The minimum Gasteiger partial charge on any atom is -0.344 e. The molecule has 0 amide bonds. The molecule has 0 radical (unpaired) electrons. The number of unbranched alkanes of at least 4 members (excludes halogenated alkanes) is 4. The Balaban J connectivity index is 2.32. The number of aliphatic imine (C=N–C) groups is 1. The van der Waals surface area contributed by atoms with Gasteiger partial charge in [-0.3, -0.25) is 0 Å². The van der Waals surface area contributed by atoms with Crippen LogP contribution in [0.5, 0.6) is 0 Å². The molecular weight excluding hydrogens is 258 g/mol. The Morgan fingerprint density at radius 1 is 1.05 bits per heavy atom. The van der Waals surface area contributed by atoms with Gasteiger partial charge in [-0.25, -0.2) is 4.99 Å². The molecule has 1 saturated heterocycles. The van der Waals surface area contributed by atoms with Crippen LogP contribution >= 0.6 is 0 Å². The lowest BCUT2D eigenvalue weighted by molar-refractivity contribution is 0.442. The summed E-state index contributed by atoms with van der Waals surface area (Å²) in [4.78, 5) is 9.52. The molecule has 0 N–H and O–H groups in total. The molecule has 1 rings (SSSR count). The first-order valence-corrected chi connectivity index (χ1v) is 8.45. The standard InChI is InChI=1S/C18H33N3/c1-6-7-8-9-10-11-12-13-14-21-16-15-20(5)17(21)19-18(2,3)4/h6-9,12-16H2,1-5H3. The molecule has 0 aromatic carbocycles. The lowest BCUT2D eigenvalue weighted by Gasteiger charge is -2.24. The van der Waals surface area contributed by atoms with Crippen LogP contribution in [0.25, 0.3) is 0 Å². The number of rotatable bonds is 6. The fourth-order valence-corrected chi connectivity index (χ4v) is 2.38. The second-order valence-corrected chi connectivity index (χ2v) is 6.91. The molecule has 21 heavy (non-hydrogen) atoms. The third kappa shape index (κ3) is 7.41. The van der Waals surface area contributed by atoms with Crippen LogP contribution in [0.2, 0.25) is 0 Å². The highest BCUT2D eigenvalue weighted by Crippen LogP contribution is 2.14. The predicted octanol–water partition coefficient (Wildman–Crippen LogP) is 3.75. The Kier molecular flexibility index (Phi) is 7.64. The zero-order valence-corrected chi connectivity index (χ0v) is 14.7. The lowest BCUT2D eigenvalue weighted by atomic mass is 10.1. The minimum absolute atomic E-state index is 0.00866. The van der Waals surface area contributed by atoms with Crippen LogP contribution in [0.3, 0.4) is 0 Å². The number of nitrogens with zero attached hydrogens (tertiary/aromatic N) is 3. The fourth-order valence-electron chi connectivity index (χ4n) is 2.38. The SMILES string of the molecule is CCCCCC#CCCCN1CCN(C)C1=NC(C)(C)C. The van der Waals surface area contributed by atoms with E-state index in [4.69, 9.17) is 4.99 Å². The van der Waals surface area contributed by atoms with Gasteiger partial charge in [0.1, 0.15) is 0 Å². The van der Waals surface area contributed by atoms with Crippen molar-refractivity contribution < 1.29 is 0 Å². The van der Waals surface area contributed by atoms with Crippen molar-refractivity contribution in [3.63, 3.8) is 0 Å². The van der Waals surface area contributed by atoms with E-state index in [9.17, 15) is 0 Å². The van der Waals surface area contributed by atoms with Crippen molar-refractivity contribution in [2.75, 3.05) is 26.7 Å². The van der Waals surface area contributed by atoms with Crippen molar-refractivity contribution in [2.24, 2.45) is 4.99 Å². The Bertz CT molecular complexity index is 381. The van der Waals surface area contributed by atoms with Gasteiger partial charge in [0, 0.05) is 39.5 Å². The molecule has 0 aromatic rings. The van der Waals surface area contributed by atoms with E-state index in [1.54, 1.807) is 0 Å². The topological polar surface area (TPSA) is 18.8 Å². The van der Waals surface area contributed by atoms with Gasteiger partial charge in [-0.05, 0) is 33.6 Å². The molecule has 1 aliphatic rings. The predicted molar refractivity (Wildman–Crippen MR) is 92.5 cm³/mol. The van der Waals surface area contributed by atoms with Gasteiger partial charge in [0.05, 0.1) is 5.54 Å². The summed E-state index contributed by atoms with van der Waals surface area (Å²) < 4.78 is 0. The molecule has 0 bridgehead atoms. The number of likely N-dealkylation sites (N-methyl/N-ethyl adjacent to an activating group) is 1. The van der Waals surface area contributed by atoms with Crippen LogP contribution in [0.15, 0.2) is 4.99 Å². The van der Waals surface area contributed by atoms with Gasteiger partial charge in [0.2, 0.25) is 0 Å². The normalized spacial score (nSPS) is 17.3. The summed E-state index contributed by atoms with van der Waals surface area (Å²) in [5.41, 5.74) is -0.00866. The van der Waals surface area contributed by atoms with Crippen LogP contribution < -0.4 is 0 Å². The number of hydrogen-bond donors (Lipinski definition) is 0. The maximum absolute atomic E-state index is 4.85. The second-order valence-electron chi connectivity index (χ2n) is 6.91. The summed E-state index contributed by atoms with van der Waals surface area (Å²) in [5, 5.41) is 0. The third-order valence-corrected chi connectivity index (χ3v) is 3.53. The van der Waals surface area contributed by atoms with E-state index in [0.29, 0.717) is 0 Å². The van der Waals surface area contributed by atoms with Crippen LogP contribution in [-0.2, 0) is 0 Å². The van der Waals surface area contributed by atoms with E-state index in [0.717, 1.165) is 44.9 Å². The van der Waals surface area contributed by atoms with Crippen molar-refractivity contribution in [3.8, 4) is 11.8 Å². The van der Waals surface area contributed by atoms with Gasteiger partial charge in [-0.2, -0.15) is 0 Å². The fraction of sp³-hybridized carbons (Fsp3) is 0.833. The van der Waals surface area contributed by atoms with Crippen LogP contribution in [-0.4, -0.2) is 48.0 Å². The summed E-state index contributed by atoms with van der Waals surface area (Å²) in [6, 6.07) is 0. The van der Waals surface area contributed by atoms with E-state index < -0.39 is 0 Å². The summed E-state index contributed by atoms with van der Waals surface area (Å²) in [5.74, 6) is 7.76. The molecular formula is C18H33N3. The van der Waals surface area contributed by atoms with Crippen LogP contribution in [0.1, 0.15) is 66.2 Å². The van der Waals surface area contributed by atoms with E-state index in [-0.39, 0.29) is 5.54 Å². The third-order valence-electron chi connectivity index (χ3n) is 3.53. The highest BCUT2D eigenvalue weighted by atomic mass is 15.4. The number of guanidine groups is 1. The molecule has 3 heteroatoms. The quantitative estimate of drug-likeness (QED) is 0.548. The first-order valence-electron chi connectivity index (χ1n) is 8.45. The smallest absolute Gasteiger partial charge is 0.196 e. The highest BCUT2D eigenvalue weighted by Gasteiger charge is 2.24. The molecule has 0 aliphatic carbocycles. The molecule has 0 aromatic heterocycles. The minimum atomic E-state index is -0.00866. The van der Waals surface area contributed by atoms with Gasteiger partial charge in [0.15, 0.2) is 5.96 Å². The zero-order valence-electron chi connectivity index (χ0n) is 14.7. The largest absolute Gasteiger partial charge is 0.344 e. The van der Waals surface area contributed by atoms with E-state index in [1.165, 1.54) is 19.3 Å². The summed E-state index contributed by atoms with van der Waals surface area (Å²) in [6.07, 6.45) is 7.05. The van der Waals surface area contributed by atoms with Crippen LogP contribution in [0, 0.1) is 11.8 Å². The van der Waals surface area contributed by atoms with Gasteiger partial charge in [-0.1, -0.05) is 19.8 Å². The maximum atomic E-state index is 4.85. The van der Waals surface area contributed by atoms with Gasteiger partial charge >= 0.3 is 0 Å². The summed E-state index contributed by atoms with van der Waals surface area (Å²) >= 11 is 0. The monoisotopic (exact) mass is 291 g/mol. The summed E-state index contributed by atoms with van der Waals surface area (Å²) in [7, 11) is 2.14. The van der Waals surface area contributed by atoms with Crippen molar-refractivity contribution in [1.82, 2.24) is 9.80 Å². The van der Waals surface area contributed by atoms with Crippen LogP contribution in [0.4, 0.5) is 0 Å². The molecule has 1 heterocycles. The van der Waals surface area contributed by atoms with Crippen molar-refractivity contribution in [3.05, 3.63) is 0 Å².